The largest absolute Gasteiger partial charge is 0.508 e. The molecule has 0 aliphatic carbocycles. The highest BCUT2D eigenvalue weighted by molar-refractivity contribution is 5.99. The first kappa shape index (κ1) is 26.2. The van der Waals surface area contributed by atoms with Gasteiger partial charge in [0.1, 0.15) is 30.5 Å². The number of nitriles is 1. The number of amides is 3. The van der Waals surface area contributed by atoms with Crippen LogP contribution in [0.25, 0.3) is 0 Å². The van der Waals surface area contributed by atoms with E-state index in [0.717, 1.165) is 16.0 Å². The van der Waals surface area contributed by atoms with Crippen molar-refractivity contribution in [1.82, 2.24) is 10.2 Å². The van der Waals surface area contributed by atoms with Gasteiger partial charge in [-0.25, -0.2) is 4.79 Å². The maximum atomic E-state index is 13.5. The van der Waals surface area contributed by atoms with Crippen LogP contribution < -0.4 is 10.6 Å². The van der Waals surface area contributed by atoms with Crippen LogP contribution in [0.5, 0.6) is 5.75 Å². The summed E-state index contributed by atoms with van der Waals surface area (Å²) in [6.07, 6.45) is -0.808. The zero-order valence-electron chi connectivity index (χ0n) is 20.0. The number of carbonyl (C=O) groups is 3. The van der Waals surface area contributed by atoms with Crippen molar-refractivity contribution < 1.29 is 24.2 Å². The van der Waals surface area contributed by atoms with Gasteiger partial charge in [0.2, 0.25) is 5.91 Å². The minimum absolute atomic E-state index is 0.145. The molecule has 0 aromatic heterocycles. The number of ether oxygens (including phenoxy) is 1. The molecule has 9 nitrogen and oxygen atoms in total. The van der Waals surface area contributed by atoms with Gasteiger partial charge in [0, 0.05) is 11.3 Å². The van der Waals surface area contributed by atoms with Gasteiger partial charge < -0.3 is 25.4 Å². The van der Waals surface area contributed by atoms with E-state index in [-0.39, 0.29) is 11.3 Å². The Balaban J connectivity index is 2.39. The Morgan fingerprint density at radius 3 is 2.26 bits per heavy atom. The smallest absolute Gasteiger partial charge is 0.408 e. The number of aromatic hydroxyl groups is 1. The monoisotopic (exact) mass is 466 g/mol. The maximum Gasteiger partial charge on any atom is 0.408 e. The Hall–Kier alpha value is -4.06. The van der Waals surface area contributed by atoms with Gasteiger partial charge in [-0.15, -0.1) is 0 Å². The number of nitrogens with one attached hydrogen (secondary N) is 2. The zero-order chi connectivity index (χ0) is 25.5. The summed E-state index contributed by atoms with van der Waals surface area (Å²) in [5, 5.41) is 25.0. The van der Waals surface area contributed by atoms with Crippen molar-refractivity contribution in [3.8, 4) is 11.8 Å². The molecular weight excluding hydrogens is 436 g/mol. The molecular formula is C25H30N4O5. The summed E-state index contributed by atoms with van der Waals surface area (Å²) in [7, 11) is 0. The lowest BCUT2D eigenvalue weighted by atomic mass is 10.0. The Kier molecular flexibility index (Phi) is 8.62. The van der Waals surface area contributed by atoms with Crippen LogP contribution in [0.15, 0.2) is 42.5 Å². The number of carbonyl (C=O) groups excluding carboxylic acids is 3. The number of alkyl carbamates (subject to hydrolysis) is 1. The van der Waals surface area contributed by atoms with Crippen molar-refractivity contribution in [2.75, 3.05) is 18.4 Å². The molecule has 3 N–H and O–H groups in total. The molecule has 2 aromatic rings. The second-order valence-corrected chi connectivity index (χ2v) is 8.75. The third-order valence-electron chi connectivity index (χ3n) is 4.86. The SMILES string of the molecule is Cc1cccc(C)c1NC(=O)C(c1ccccc1O)N(CC#N)C(=O)CNC(=O)OC(C)(C)C. The molecule has 0 aliphatic heterocycles. The van der Waals surface area contributed by atoms with Crippen LogP contribution in [0, 0.1) is 25.2 Å². The standard InChI is InChI=1S/C25H30N4O5/c1-16-9-8-10-17(2)21(16)28-23(32)22(18-11-6-7-12-19(18)30)29(14-13-26)20(31)15-27-24(33)34-25(3,4)5/h6-12,22,30H,14-15H2,1-5H3,(H,27,33)(H,28,32). The Morgan fingerprint density at radius 2 is 1.71 bits per heavy atom. The highest BCUT2D eigenvalue weighted by Gasteiger charge is 2.34. The van der Waals surface area contributed by atoms with Crippen LogP contribution in [0.1, 0.15) is 43.5 Å². The molecule has 1 atom stereocenters. The van der Waals surface area contributed by atoms with E-state index < -0.39 is 42.6 Å². The molecule has 9 heteroatoms. The zero-order valence-corrected chi connectivity index (χ0v) is 20.0. The Bertz CT molecular complexity index is 1080. The molecule has 0 bridgehead atoms. The number of para-hydroxylation sites is 2. The van der Waals surface area contributed by atoms with Crippen molar-refractivity contribution >= 4 is 23.6 Å². The normalized spacial score (nSPS) is 11.6. The number of phenolic OH excluding ortho intramolecular Hbond substituents is 1. The number of benzene rings is 2. The van der Waals surface area contributed by atoms with Gasteiger partial charge in [-0.05, 0) is 51.8 Å². The molecule has 1 unspecified atom stereocenters. The summed E-state index contributed by atoms with van der Waals surface area (Å²) in [5.41, 5.74) is 1.59. The quantitative estimate of drug-likeness (QED) is 0.535. The number of aryl methyl sites for hydroxylation is 2. The minimum Gasteiger partial charge on any atom is -0.508 e. The summed E-state index contributed by atoms with van der Waals surface area (Å²) in [4.78, 5) is 39.6. The average Bonchev–Trinajstić information content (AvgIpc) is 2.74. The van der Waals surface area contributed by atoms with Crippen LogP contribution >= 0.6 is 0 Å². The molecule has 34 heavy (non-hydrogen) atoms. The van der Waals surface area contributed by atoms with Crippen molar-refractivity contribution in [1.29, 1.82) is 5.26 Å². The summed E-state index contributed by atoms with van der Waals surface area (Å²) in [6.45, 7) is 7.76. The molecule has 3 amide bonds. The third kappa shape index (κ3) is 6.97. The van der Waals surface area contributed by atoms with Crippen LogP contribution in [0.3, 0.4) is 0 Å². The van der Waals surface area contributed by atoms with E-state index in [1.807, 2.05) is 38.1 Å². The number of nitrogens with zero attached hydrogens (tertiary/aromatic N) is 2. The number of hydrogen-bond donors (Lipinski definition) is 3. The lowest BCUT2D eigenvalue weighted by molar-refractivity contribution is -0.137. The van der Waals surface area contributed by atoms with Gasteiger partial charge in [-0.2, -0.15) is 5.26 Å². The number of rotatable bonds is 7. The van der Waals surface area contributed by atoms with Gasteiger partial charge in [0.15, 0.2) is 0 Å². The summed E-state index contributed by atoms with van der Waals surface area (Å²) < 4.78 is 5.14. The lowest BCUT2D eigenvalue weighted by Crippen LogP contribution is -2.46. The Morgan fingerprint density at radius 1 is 1.09 bits per heavy atom. The molecule has 0 fully saturated rings. The van der Waals surface area contributed by atoms with Crippen LogP contribution in [0.2, 0.25) is 0 Å². The fourth-order valence-electron chi connectivity index (χ4n) is 3.34. The van der Waals surface area contributed by atoms with Crippen LogP contribution in [-0.2, 0) is 14.3 Å². The highest BCUT2D eigenvalue weighted by atomic mass is 16.6. The first-order valence-electron chi connectivity index (χ1n) is 10.7. The maximum absolute atomic E-state index is 13.5. The number of hydrogen-bond acceptors (Lipinski definition) is 6. The molecule has 0 aliphatic rings. The van der Waals surface area contributed by atoms with E-state index in [9.17, 15) is 24.8 Å². The van der Waals surface area contributed by atoms with E-state index in [1.165, 1.54) is 12.1 Å². The molecule has 2 rings (SSSR count). The van der Waals surface area contributed by atoms with Crippen molar-refractivity contribution in [3.63, 3.8) is 0 Å². The first-order valence-corrected chi connectivity index (χ1v) is 10.7. The minimum atomic E-state index is -1.33. The molecule has 0 radical (unpaired) electrons. The van der Waals surface area contributed by atoms with Gasteiger partial charge in [-0.1, -0.05) is 36.4 Å². The van der Waals surface area contributed by atoms with Gasteiger partial charge >= 0.3 is 6.09 Å². The van der Waals surface area contributed by atoms with Crippen molar-refractivity contribution in [2.24, 2.45) is 0 Å². The van der Waals surface area contributed by atoms with Gasteiger partial charge in [0.25, 0.3) is 5.91 Å². The molecule has 0 saturated heterocycles. The van der Waals surface area contributed by atoms with Crippen molar-refractivity contribution in [2.45, 2.75) is 46.3 Å². The fourth-order valence-corrected chi connectivity index (χ4v) is 3.34. The summed E-state index contributed by atoms with van der Waals surface area (Å²) in [6, 6.07) is 12.2. The van der Waals surface area contributed by atoms with Gasteiger partial charge in [-0.3, -0.25) is 9.59 Å². The molecule has 180 valence electrons. The lowest BCUT2D eigenvalue weighted by Gasteiger charge is -2.30. The topological polar surface area (TPSA) is 132 Å². The molecule has 0 saturated carbocycles. The highest BCUT2D eigenvalue weighted by Crippen LogP contribution is 2.31. The second kappa shape index (κ2) is 11.2. The van der Waals surface area contributed by atoms with E-state index in [1.54, 1.807) is 32.9 Å². The average molecular weight is 467 g/mol. The van der Waals surface area contributed by atoms with E-state index in [4.69, 9.17) is 4.74 Å². The number of phenols is 1. The summed E-state index contributed by atoms with van der Waals surface area (Å²) in [5.74, 6) is -1.52. The fraction of sp³-hybridized carbons (Fsp3) is 0.360. The summed E-state index contributed by atoms with van der Waals surface area (Å²) >= 11 is 0. The second-order valence-electron chi connectivity index (χ2n) is 8.75. The molecule has 0 spiro atoms. The third-order valence-corrected chi connectivity index (χ3v) is 4.86. The van der Waals surface area contributed by atoms with Gasteiger partial charge in [0.05, 0.1) is 6.07 Å². The predicted octanol–water partition coefficient (Wildman–Crippen LogP) is 3.57. The van der Waals surface area contributed by atoms with Crippen LogP contribution in [0.4, 0.5) is 10.5 Å². The number of anilines is 1. The van der Waals surface area contributed by atoms with E-state index in [0.29, 0.717) is 5.69 Å². The van der Waals surface area contributed by atoms with Crippen LogP contribution in [-0.4, -0.2) is 46.6 Å². The van der Waals surface area contributed by atoms with E-state index >= 15 is 0 Å². The Labute approximate surface area is 199 Å². The van der Waals surface area contributed by atoms with E-state index in [2.05, 4.69) is 10.6 Å². The predicted molar refractivity (Wildman–Crippen MR) is 127 cm³/mol. The molecule has 2 aromatic carbocycles. The molecule has 0 heterocycles. The van der Waals surface area contributed by atoms with Crippen molar-refractivity contribution in [3.05, 3.63) is 59.2 Å². The first-order chi connectivity index (χ1) is 15.9.